The molecule has 1 aliphatic heterocycles. The highest BCUT2D eigenvalue weighted by atomic mass is 16.2. The van der Waals surface area contributed by atoms with Gasteiger partial charge in [0.2, 0.25) is 5.91 Å². The highest BCUT2D eigenvalue weighted by Gasteiger charge is 2.29. The SMILES string of the molecule is Cn1ccc(-c2ncc3c(n2)N(CC#N)C(=O)C3)n1. The molecule has 7 heteroatoms. The van der Waals surface area contributed by atoms with Crippen LogP contribution in [0.3, 0.4) is 0 Å². The molecule has 0 unspecified atom stereocenters. The number of nitrogens with zero attached hydrogens (tertiary/aromatic N) is 6. The summed E-state index contributed by atoms with van der Waals surface area (Å²) in [6.07, 6.45) is 3.67. The minimum atomic E-state index is -0.121. The number of aryl methyl sites for hydroxylation is 1. The first-order chi connectivity index (χ1) is 9.19. The van der Waals surface area contributed by atoms with E-state index in [-0.39, 0.29) is 18.9 Å². The van der Waals surface area contributed by atoms with Gasteiger partial charge in [-0.1, -0.05) is 0 Å². The quantitative estimate of drug-likeness (QED) is 0.719. The Balaban J connectivity index is 2.05. The van der Waals surface area contributed by atoms with Gasteiger partial charge in [-0.3, -0.25) is 14.4 Å². The normalized spacial score (nSPS) is 13.5. The maximum absolute atomic E-state index is 11.8. The summed E-state index contributed by atoms with van der Waals surface area (Å²) in [5.74, 6) is 0.850. The number of hydrogen-bond donors (Lipinski definition) is 0. The van der Waals surface area contributed by atoms with Crippen LogP contribution < -0.4 is 4.90 Å². The van der Waals surface area contributed by atoms with E-state index in [0.29, 0.717) is 17.3 Å². The van der Waals surface area contributed by atoms with Gasteiger partial charge in [-0.25, -0.2) is 9.97 Å². The molecule has 1 aliphatic rings. The molecule has 0 saturated heterocycles. The maximum atomic E-state index is 11.8. The number of carbonyl (C=O) groups excluding carboxylic acids is 1. The lowest BCUT2D eigenvalue weighted by atomic mass is 10.2. The van der Waals surface area contributed by atoms with Crippen LogP contribution in [0.15, 0.2) is 18.5 Å². The summed E-state index contributed by atoms with van der Waals surface area (Å²) in [6.45, 7) is 0.00447. The van der Waals surface area contributed by atoms with Crippen molar-refractivity contribution in [2.45, 2.75) is 6.42 Å². The Hall–Kier alpha value is -2.75. The highest BCUT2D eigenvalue weighted by molar-refractivity contribution is 6.00. The first-order valence-electron chi connectivity index (χ1n) is 5.72. The van der Waals surface area contributed by atoms with Crippen LogP contribution in [0.4, 0.5) is 5.82 Å². The van der Waals surface area contributed by atoms with Crippen molar-refractivity contribution in [1.82, 2.24) is 19.7 Å². The second kappa shape index (κ2) is 4.17. The zero-order valence-electron chi connectivity index (χ0n) is 10.2. The van der Waals surface area contributed by atoms with Crippen LogP contribution in [-0.2, 0) is 18.3 Å². The fourth-order valence-corrected chi connectivity index (χ4v) is 2.02. The van der Waals surface area contributed by atoms with Crippen molar-refractivity contribution in [3.63, 3.8) is 0 Å². The summed E-state index contributed by atoms with van der Waals surface area (Å²) >= 11 is 0. The third-order valence-electron chi connectivity index (χ3n) is 2.91. The van der Waals surface area contributed by atoms with Crippen molar-refractivity contribution < 1.29 is 4.79 Å². The van der Waals surface area contributed by atoms with Gasteiger partial charge in [-0.15, -0.1) is 0 Å². The summed E-state index contributed by atoms with van der Waals surface area (Å²) in [5.41, 5.74) is 1.39. The number of rotatable bonds is 2. The predicted molar refractivity (Wildman–Crippen MR) is 65.9 cm³/mol. The van der Waals surface area contributed by atoms with Crippen molar-refractivity contribution >= 4 is 11.7 Å². The van der Waals surface area contributed by atoms with E-state index in [4.69, 9.17) is 5.26 Å². The fourth-order valence-electron chi connectivity index (χ4n) is 2.02. The molecule has 7 nitrogen and oxygen atoms in total. The van der Waals surface area contributed by atoms with E-state index < -0.39 is 0 Å². The van der Waals surface area contributed by atoms with Crippen LogP contribution in [-0.4, -0.2) is 32.2 Å². The van der Waals surface area contributed by atoms with E-state index in [1.54, 1.807) is 23.1 Å². The smallest absolute Gasteiger partial charge is 0.233 e. The molecule has 0 N–H and O–H groups in total. The molecule has 2 aromatic heterocycles. The van der Waals surface area contributed by atoms with Crippen molar-refractivity contribution in [2.24, 2.45) is 7.05 Å². The second-order valence-electron chi connectivity index (χ2n) is 4.23. The molecule has 0 fully saturated rings. The Morgan fingerprint density at radius 3 is 3.05 bits per heavy atom. The molecule has 0 aliphatic carbocycles. The lowest BCUT2D eigenvalue weighted by molar-refractivity contribution is -0.117. The number of hydrogen-bond acceptors (Lipinski definition) is 5. The van der Waals surface area contributed by atoms with Gasteiger partial charge >= 0.3 is 0 Å². The van der Waals surface area contributed by atoms with Crippen LogP contribution in [0.2, 0.25) is 0 Å². The Bertz CT molecular complexity index is 698. The molecule has 0 saturated carbocycles. The Kier molecular flexibility index (Phi) is 2.49. The van der Waals surface area contributed by atoms with Crippen LogP contribution in [0.1, 0.15) is 5.56 Å². The molecule has 0 radical (unpaired) electrons. The summed E-state index contributed by atoms with van der Waals surface area (Å²) < 4.78 is 1.66. The summed E-state index contributed by atoms with van der Waals surface area (Å²) in [4.78, 5) is 21.7. The van der Waals surface area contributed by atoms with Gasteiger partial charge in [-0.2, -0.15) is 10.4 Å². The molecule has 3 heterocycles. The molecule has 3 rings (SSSR count). The molecule has 94 valence electrons. The molecule has 2 aromatic rings. The van der Waals surface area contributed by atoms with Crippen LogP contribution in [0.25, 0.3) is 11.5 Å². The van der Waals surface area contributed by atoms with Gasteiger partial charge in [0, 0.05) is 25.0 Å². The van der Waals surface area contributed by atoms with E-state index in [2.05, 4.69) is 15.1 Å². The Morgan fingerprint density at radius 1 is 1.53 bits per heavy atom. The number of carbonyl (C=O) groups is 1. The highest BCUT2D eigenvalue weighted by Crippen LogP contribution is 2.27. The molecule has 1 amide bonds. The molecule has 0 spiro atoms. The molecule has 0 atom stereocenters. The fraction of sp³-hybridized carbons (Fsp3) is 0.250. The zero-order chi connectivity index (χ0) is 13.4. The van der Waals surface area contributed by atoms with Crippen LogP contribution in [0.5, 0.6) is 0 Å². The molecule has 0 bridgehead atoms. The predicted octanol–water partition coefficient (Wildman–Crippen LogP) is 0.290. The number of anilines is 1. The number of nitriles is 1. The first kappa shape index (κ1) is 11.3. The number of fused-ring (bicyclic) bond motifs is 1. The second-order valence-corrected chi connectivity index (χ2v) is 4.23. The molecular weight excluding hydrogens is 244 g/mol. The van der Waals surface area contributed by atoms with Crippen LogP contribution in [0, 0.1) is 11.3 Å². The van der Waals surface area contributed by atoms with Gasteiger partial charge in [0.15, 0.2) is 5.82 Å². The third kappa shape index (κ3) is 1.83. The van der Waals surface area contributed by atoms with Crippen molar-refractivity contribution in [2.75, 3.05) is 11.4 Å². The maximum Gasteiger partial charge on any atom is 0.233 e. The lowest BCUT2D eigenvalue weighted by Crippen LogP contribution is -2.27. The third-order valence-corrected chi connectivity index (χ3v) is 2.91. The van der Waals surface area contributed by atoms with Gasteiger partial charge in [-0.05, 0) is 6.07 Å². The molecule has 0 aromatic carbocycles. The van der Waals surface area contributed by atoms with Gasteiger partial charge in [0.25, 0.3) is 0 Å². The number of aromatic nitrogens is 4. The first-order valence-corrected chi connectivity index (χ1v) is 5.72. The summed E-state index contributed by atoms with van der Waals surface area (Å²) in [5, 5.41) is 13.0. The Labute approximate surface area is 109 Å². The molecular formula is C12H10N6O. The molecule has 19 heavy (non-hydrogen) atoms. The van der Waals surface area contributed by atoms with Gasteiger partial charge < -0.3 is 0 Å². The average molecular weight is 254 g/mol. The van der Waals surface area contributed by atoms with Gasteiger partial charge in [0.1, 0.15) is 18.1 Å². The van der Waals surface area contributed by atoms with E-state index in [1.165, 1.54) is 4.90 Å². The van der Waals surface area contributed by atoms with E-state index in [1.807, 2.05) is 13.1 Å². The van der Waals surface area contributed by atoms with Crippen molar-refractivity contribution in [3.8, 4) is 17.6 Å². The number of amides is 1. The minimum absolute atomic E-state index is 0.00447. The average Bonchev–Trinajstić information content (AvgIpc) is 2.95. The zero-order valence-corrected chi connectivity index (χ0v) is 10.2. The van der Waals surface area contributed by atoms with Crippen molar-refractivity contribution in [1.29, 1.82) is 5.26 Å². The lowest BCUT2D eigenvalue weighted by Gasteiger charge is -2.11. The standard InChI is InChI=1S/C12H10N6O/c1-17-4-2-9(16-17)11-14-7-8-6-10(19)18(5-3-13)12(8)15-11/h2,4,7H,5-6H2,1H3. The van der Waals surface area contributed by atoms with E-state index in [0.717, 1.165) is 5.56 Å². The monoisotopic (exact) mass is 254 g/mol. The Morgan fingerprint density at radius 2 is 2.37 bits per heavy atom. The largest absolute Gasteiger partial charge is 0.282 e. The summed E-state index contributed by atoms with van der Waals surface area (Å²) in [6, 6.07) is 3.77. The van der Waals surface area contributed by atoms with E-state index >= 15 is 0 Å². The van der Waals surface area contributed by atoms with Gasteiger partial charge in [0.05, 0.1) is 12.5 Å². The van der Waals surface area contributed by atoms with Crippen molar-refractivity contribution in [3.05, 3.63) is 24.0 Å². The van der Waals surface area contributed by atoms with E-state index in [9.17, 15) is 4.79 Å². The minimum Gasteiger partial charge on any atom is -0.282 e. The summed E-state index contributed by atoms with van der Waals surface area (Å²) in [7, 11) is 1.81. The van der Waals surface area contributed by atoms with Crippen LogP contribution >= 0.6 is 0 Å². The topological polar surface area (TPSA) is 87.7 Å².